The van der Waals surface area contributed by atoms with Crippen molar-refractivity contribution in [3.8, 4) is 0 Å². The van der Waals surface area contributed by atoms with E-state index < -0.39 is 20.7 Å². The van der Waals surface area contributed by atoms with Gasteiger partial charge in [-0.05, 0) is 41.4 Å². The summed E-state index contributed by atoms with van der Waals surface area (Å²) in [6.45, 7) is 3.54. The molecule has 0 aliphatic heterocycles. The van der Waals surface area contributed by atoms with E-state index in [1.54, 1.807) is 6.92 Å². The van der Waals surface area contributed by atoms with Gasteiger partial charge in [-0.3, -0.25) is 0 Å². The molecule has 0 fully saturated rings. The first-order valence-corrected chi connectivity index (χ1v) is 7.32. The lowest BCUT2D eigenvalue weighted by atomic mass is 10.3. The number of hydrogen-bond acceptors (Lipinski definition) is 3. The van der Waals surface area contributed by atoms with Gasteiger partial charge in [-0.15, -0.1) is 0 Å². The molecule has 0 aliphatic carbocycles. The molecule has 1 unspecified atom stereocenters. The lowest BCUT2D eigenvalue weighted by molar-refractivity contribution is 0.539. The van der Waals surface area contributed by atoms with Crippen molar-refractivity contribution in [1.29, 1.82) is 0 Å². The molecule has 0 bridgehead atoms. The predicted octanol–water partition coefficient (Wildman–Crippen LogP) is 2.25. The molecule has 4 nitrogen and oxygen atoms in total. The molecule has 1 rings (SSSR count). The highest BCUT2D eigenvalue weighted by Gasteiger charge is 2.22. The zero-order valence-corrected chi connectivity index (χ0v) is 11.9. The largest absolute Gasteiger partial charge is 0.398 e. The van der Waals surface area contributed by atoms with Gasteiger partial charge in [0.1, 0.15) is 10.7 Å². The van der Waals surface area contributed by atoms with E-state index in [9.17, 15) is 12.8 Å². The third kappa shape index (κ3) is 3.40. The van der Waals surface area contributed by atoms with Gasteiger partial charge in [0, 0.05) is 16.2 Å². The van der Waals surface area contributed by atoms with Crippen LogP contribution in [0.1, 0.15) is 20.3 Å². The Morgan fingerprint density at radius 1 is 1.53 bits per heavy atom. The Labute approximate surface area is 109 Å². The first-order chi connectivity index (χ1) is 7.77. The molecule has 0 heterocycles. The van der Waals surface area contributed by atoms with Crippen LogP contribution in [0.15, 0.2) is 21.5 Å². The van der Waals surface area contributed by atoms with Crippen LogP contribution in [-0.2, 0) is 10.0 Å². The molecule has 0 aliphatic rings. The maximum absolute atomic E-state index is 13.6. The lowest BCUT2D eigenvalue weighted by Crippen LogP contribution is -2.32. The van der Waals surface area contributed by atoms with E-state index in [0.29, 0.717) is 10.9 Å². The van der Waals surface area contributed by atoms with Crippen molar-refractivity contribution in [2.45, 2.75) is 31.2 Å². The molecule has 0 radical (unpaired) electrons. The van der Waals surface area contributed by atoms with Crippen LogP contribution in [0.25, 0.3) is 0 Å². The van der Waals surface area contributed by atoms with Crippen LogP contribution in [-0.4, -0.2) is 14.5 Å². The van der Waals surface area contributed by atoms with Crippen molar-refractivity contribution in [3.63, 3.8) is 0 Å². The highest BCUT2D eigenvalue weighted by molar-refractivity contribution is 9.10. The minimum absolute atomic E-state index is 0.177. The van der Waals surface area contributed by atoms with E-state index in [2.05, 4.69) is 20.7 Å². The Balaban J connectivity index is 3.20. The van der Waals surface area contributed by atoms with Crippen molar-refractivity contribution in [1.82, 2.24) is 4.72 Å². The van der Waals surface area contributed by atoms with Gasteiger partial charge < -0.3 is 5.73 Å². The Bertz CT molecular complexity index is 519. The van der Waals surface area contributed by atoms with Crippen LogP contribution in [0.3, 0.4) is 0 Å². The van der Waals surface area contributed by atoms with Crippen LogP contribution < -0.4 is 10.5 Å². The number of sulfonamides is 1. The van der Waals surface area contributed by atoms with Gasteiger partial charge in [-0.25, -0.2) is 17.5 Å². The molecule has 0 spiro atoms. The third-order valence-corrected chi connectivity index (χ3v) is 4.60. The first-order valence-electron chi connectivity index (χ1n) is 5.04. The second-order valence-corrected chi connectivity index (χ2v) is 6.27. The van der Waals surface area contributed by atoms with Gasteiger partial charge in [0.05, 0.1) is 0 Å². The Hall–Kier alpha value is -0.660. The van der Waals surface area contributed by atoms with Crippen LogP contribution in [0, 0.1) is 5.82 Å². The molecule has 0 saturated carbocycles. The minimum Gasteiger partial charge on any atom is -0.398 e. The van der Waals surface area contributed by atoms with Crippen LogP contribution >= 0.6 is 15.9 Å². The summed E-state index contributed by atoms with van der Waals surface area (Å²) in [5, 5.41) is 0. The van der Waals surface area contributed by atoms with Gasteiger partial charge in [0.25, 0.3) is 0 Å². The summed E-state index contributed by atoms with van der Waals surface area (Å²) in [5.41, 5.74) is 5.72. The van der Waals surface area contributed by atoms with Crippen molar-refractivity contribution in [2.75, 3.05) is 5.73 Å². The number of hydrogen-bond donors (Lipinski definition) is 2. The zero-order valence-electron chi connectivity index (χ0n) is 9.50. The smallest absolute Gasteiger partial charge is 0.243 e. The Morgan fingerprint density at radius 2 is 2.12 bits per heavy atom. The second kappa shape index (κ2) is 5.32. The quantitative estimate of drug-likeness (QED) is 0.834. The molecular formula is C10H14BrFN2O2S. The fraction of sp³-hybridized carbons (Fsp3) is 0.400. The summed E-state index contributed by atoms with van der Waals surface area (Å²) < 4.78 is 40.0. The summed E-state index contributed by atoms with van der Waals surface area (Å²) in [4.78, 5) is -0.432. The predicted molar refractivity (Wildman–Crippen MR) is 68.6 cm³/mol. The van der Waals surface area contributed by atoms with Gasteiger partial charge in [0.2, 0.25) is 10.0 Å². The van der Waals surface area contributed by atoms with E-state index in [0.717, 1.165) is 12.1 Å². The minimum atomic E-state index is -3.87. The SMILES string of the molecule is CCC(C)NS(=O)(=O)c1cc(N)c(Br)cc1F. The number of rotatable bonds is 4. The molecule has 1 atom stereocenters. The fourth-order valence-electron chi connectivity index (χ4n) is 1.16. The van der Waals surface area contributed by atoms with Crippen LogP contribution in [0.2, 0.25) is 0 Å². The highest BCUT2D eigenvalue weighted by Crippen LogP contribution is 2.26. The highest BCUT2D eigenvalue weighted by atomic mass is 79.9. The molecule has 96 valence electrons. The Morgan fingerprint density at radius 3 is 2.65 bits per heavy atom. The summed E-state index contributed by atoms with van der Waals surface area (Å²) in [6.07, 6.45) is 0.618. The molecule has 7 heteroatoms. The zero-order chi connectivity index (χ0) is 13.2. The molecule has 0 aromatic heterocycles. The number of benzene rings is 1. The molecule has 0 saturated heterocycles. The van der Waals surface area contributed by atoms with E-state index in [-0.39, 0.29) is 11.7 Å². The van der Waals surface area contributed by atoms with E-state index >= 15 is 0 Å². The molecule has 17 heavy (non-hydrogen) atoms. The van der Waals surface area contributed by atoms with Crippen molar-refractivity contribution in [2.24, 2.45) is 0 Å². The Kier molecular flexibility index (Phi) is 4.51. The van der Waals surface area contributed by atoms with Gasteiger partial charge in [0.15, 0.2) is 0 Å². The normalized spacial score (nSPS) is 13.6. The molecule has 1 aromatic carbocycles. The summed E-state index contributed by atoms with van der Waals surface area (Å²) >= 11 is 3.03. The summed E-state index contributed by atoms with van der Waals surface area (Å²) in [6, 6.07) is 1.88. The van der Waals surface area contributed by atoms with Crippen LogP contribution in [0.5, 0.6) is 0 Å². The number of nitrogen functional groups attached to an aromatic ring is 1. The lowest BCUT2D eigenvalue weighted by Gasteiger charge is -2.13. The number of anilines is 1. The van der Waals surface area contributed by atoms with Gasteiger partial charge in [-0.1, -0.05) is 6.92 Å². The van der Waals surface area contributed by atoms with Crippen molar-refractivity contribution < 1.29 is 12.8 Å². The van der Waals surface area contributed by atoms with Gasteiger partial charge in [-0.2, -0.15) is 0 Å². The van der Waals surface area contributed by atoms with E-state index in [1.807, 2.05) is 6.92 Å². The standard InChI is InChI=1S/C10H14BrFN2O2S/c1-3-6(2)14-17(15,16)10-5-9(13)7(11)4-8(10)12/h4-6,14H,3,13H2,1-2H3. The third-order valence-electron chi connectivity index (χ3n) is 2.31. The summed E-state index contributed by atoms with van der Waals surface area (Å²) in [5.74, 6) is -0.832. The molecule has 3 N–H and O–H groups in total. The summed E-state index contributed by atoms with van der Waals surface area (Å²) in [7, 11) is -3.87. The maximum Gasteiger partial charge on any atom is 0.243 e. The molecule has 1 aromatic rings. The van der Waals surface area contributed by atoms with Crippen molar-refractivity contribution >= 4 is 31.6 Å². The number of nitrogens with two attached hydrogens (primary N) is 1. The first kappa shape index (κ1) is 14.4. The molecular weight excluding hydrogens is 311 g/mol. The number of nitrogens with one attached hydrogen (secondary N) is 1. The number of halogens is 2. The average molecular weight is 325 g/mol. The molecule has 0 amide bonds. The topological polar surface area (TPSA) is 72.2 Å². The van der Waals surface area contributed by atoms with Gasteiger partial charge >= 0.3 is 0 Å². The van der Waals surface area contributed by atoms with Crippen molar-refractivity contribution in [3.05, 3.63) is 22.4 Å². The maximum atomic E-state index is 13.6. The van der Waals surface area contributed by atoms with Crippen LogP contribution in [0.4, 0.5) is 10.1 Å². The van der Waals surface area contributed by atoms with E-state index in [1.165, 1.54) is 0 Å². The average Bonchev–Trinajstić information content (AvgIpc) is 2.22. The fourth-order valence-corrected chi connectivity index (χ4v) is 2.90. The van der Waals surface area contributed by atoms with E-state index in [4.69, 9.17) is 5.73 Å². The monoisotopic (exact) mass is 324 g/mol. The second-order valence-electron chi connectivity index (χ2n) is 3.73.